The molecule has 2 aromatic rings. The Hall–Kier alpha value is -1.92. The summed E-state index contributed by atoms with van der Waals surface area (Å²) < 4.78 is 5.31. The largest absolute Gasteiger partial charge is 0.482 e. The number of nitrogens with one attached hydrogen (secondary N) is 1. The Morgan fingerprint density at radius 2 is 2.23 bits per heavy atom. The number of hydrogen-bond donors (Lipinski definition) is 1. The molecule has 0 spiro atoms. The molecule has 0 atom stereocenters. The zero-order chi connectivity index (χ0) is 15.9. The van der Waals surface area contributed by atoms with Crippen LogP contribution in [0.3, 0.4) is 0 Å². The Labute approximate surface area is 138 Å². The van der Waals surface area contributed by atoms with Crippen molar-refractivity contribution in [2.45, 2.75) is 20.3 Å². The first-order chi connectivity index (χ1) is 10.6. The summed E-state index contributed by atoms with van der Waals surface area (Å²) in [6, 6.07) is 6.99. The van der Waals surface area contributed by atoms with Crippen LogP contribution >= 0.6 is 22.9 Å². The topological polar surface area (TPSA) is 63.6 Å². The molecule has 1 N–H and O–H groups in total. The smallest absolute Gasteiger partial charge is 0.277 e. The number of thiazole rings is 1. The van der Waals surface area contributed by atoms with E-state index in [1.54, 1.807) is 41.8 Å². The SMILES string of the molecule is Cc1nc(C)c(CC=NNC(=O)COc2ccccc2Cl)s1. The average Bonchev–Trinajstić information content (AvgIpc) is 2.81. The number of benzene rings is 1. The summed E-state index contributed by atoms with van der Waals surface area (Å²) in [5.41, 5.74) is 3.42. The van der Waals surface area contributed by atoms with Crippen molar-refractivity contribution in [1.82, 2.24) is 10.4 Å². The maximum Gasteiger partial charge on any atom is 0.277 e. The van der Waals surface area contributed by atoms with Crippen LogP contribution in [0.2, 0.25) is 5.02 Å². The number of hydrazone groups is 1. The van der Waals surface area contributed by atoms with Crippen molar-refractivity contribution in [3.05, 3.63) is 44.9 Å². The molecule has 1 amide bonds. The van der Waals surface area contributed by atoms with E-state index in [1.807, 2.05) is 13.8 Å². The van der Waals surface area contributed by atoms with Crippen LogP contribution < -0.4 is 10.2 Å². The Morgan fingerprint density at radius 3 is 2.91 bits per heavy atom. The molecular formula is C15H16ClN3O2S. The Bertz CT molecular complexity index is 685. The van der Waals surface area contributed by atoms with E-state index >= 15 is 0 Å². The van der Waals surface area contributed by atoms with E-state index in [0.717, 1.165) is 15.6 Å². The van der Waals surface area contributed by atoms with Gasteiger partial charge in [0.15, 0.2) is 6.61 Å². The highest BCUT2D eigenvalue weighted by Gasteiger charge is 2.05. The lowest BCUT2D eigenvalue weighted by molar-refractivity contribution is -0.123. The summed E-state index contributed by atoms with van der Waals surface area (Å²) in [5.74, 6) is 0.132. The molecule has 0 radical (unpaired) electrons. The van der Waals surface area contributed by atoms with Crippen LogP contribution in [0.5, 0.6) is 5.75 Å². The number of carbonyl (C=O) groups is 1. The van der Waals surface area contributed by atoms with Crippen LogP contribution in [0, 0.1) is 13.8 Å². The molecule has 0 fully saturated rings. The minimum atomic E-state index is -0.339. The van der Waals surface area contributed by atoms with Gasteiger partial charge in [0.25, 0.3) is 5.91 Å². The third-order valence-electron chi connectivity index (χ3n) is 2.75. The minimum Gasteiger partial charge on any atom is -0.482 e. The monoisotopic (exact) mass is 337 g/mol. The van der Waals surface area contributed by atoms with E-state index in [9.17, 15) is 4.79 Å². The van der Waals surface area contributed by atoms with E-state index in [-0.39, 0.29) is 12.5 Å². The van der Waals surface area contributed by atoms with Crippen LogP contribution in [-0.4, -0.2) is 23.7 Å². The molecular weight excluding hydrogens is 322 g/mol. The average molecular weight is 338 g/mol. The molecule has 0 aliphatic carbocycles. The third kappa shape index (κ3) is 4.82. The number of ether oxygens (including phenoxy) is 1. The van der Waals surface area contributed by atoms with Crippen molar-refractivity contribution in [3.8, 4) is 5.75 Å². The van der Waals surface area contributed by atoms with Gasteiger partial charge in [0.2, 0.25) is 0 Å². The number of halogens is 1. The summed E-state index contributed by atoms with van der Waals surface area (Å²) in [4.78, 5) is 17.1. The van der Waals surface area contributed by atoms with Crippen molar-refractivity contribution >= 4 is 35.1 Å². The summed E-state index contributed by atoms with van der Waals surface area (Å²) in [7, 11) is 0. The lowest BCUT2D eigenvalue weighted by atomic mass is 10.3. The summed E-state index contributed by atoms with van der Waals surface area (Å²) >= 11 is 7.56. The Kier molecular flexibility index (Phi) is 5.91. The van der Waals surface area contributed by atoms with E-state index < -0.39 is 0 Å². The van der Waals surface area contributed by atoms with Crippen LogP contribution in [0.25, 0.3) is 0 Å². The normalized spacial score (nSPS) is 10.9. The van der Waals surface area contributed by atoms with Crippen molar-refractivity contribution in [2.75, 3.05) is 6.61 Å². The predicted octanol–water partition coefficient (Wildman–Crippen LogP) is 3.14. The van der Waals surface area contributed by atoms with Gasteiger partial charge in [0, 0.05) is 17.5 Å². The molecule has 0 aliphatic rings. The fraction of sp³-hybridized carbons (Fsp3) is 0.267. The number of nitrogens with zero attached hydrogens (tertiary/aromatic N) is 2. The number of para-hydroxylation sites is 1. The van der Waals surface area contributed by atoms with Gasteiger partial charge >= 0.3 is 0 Å². The van der Waals surface area contributed by atoms with E-state index in [4.69, 9.17) is 16.3 Å². The first-order valence-corrected chi connectivity index (χ1v) is 7.86. The minimum absolute atomic E-state index is 0.139. The second kappa shape index (κ2) is 7.91. The van der Waals surface area contributed by atoms with Gasteiger partial charge < -0.3 is 4.74 Å². The van der Waals surface area contributed by atoms with Crippen molar-refractivity contribution in [3.63, 3.8) is 0 Å². The highest BCUT2D eigenvalue weighted by atomic mass is 35.5. The van der Waals surface area contributed by atoms with Gasteiger partial charge in [-0.2, -0.15) is 5.10 Å². The summed E-state index contributed by atoms with van der Waals surface area (Å²) in [5, 5.41) is 5.39. The Morgan fingerprint density at radius 1 is 1.45 bits per heavy atom. The standard InChI is InChI=1S/C15H16ClN3O2S/c1-10-14(22-11(2)18-10)7-8-17-19-15(20)9-21-13-6-4-3-5-12(13)16/h3-6,8H,7,9H2,1-2H3,(H,19,20). The summed E-state index contributed by atoms with van der Waals surface area (Å²) in [6.45, 7) is 3.79. The zero-order valence-corrected chi connectivity index (χ0v) is 13.9. The highest BCUT2D eigenvalue weighted by molar-refractivity contribution is 7.11. The van der Waals surface area contributed by atoms with Crippen molar-refractivity contribution in [1.29, 1.82) is 0 Å². The van der Waals surface area contributed by atoms with Crippen molar-refractivity contribution < 1.29 is 9.53 Å². The second-order valence-electron chi connectivity index (χ2n) is 4.51. The van der Waals surface area contributed by atoms with Gasteiger partial charge in [-0.25, -0.2) is 10.4 Å². The molecule has 0 aliphatic heterocycles. The van der Waals surface area contributed by atoms with Crippen LogP contribution in [0.15, 0.2) is 29.4 Å². The molecule has 0 bridgehead atoms. The lowest BCUT2D eigenvalue weighted by Gasteiger charge is -2.06. The molecule has 116 valence electrons. The lowest BCUT2D eigenvalue weighted by Crippen LogP contribution is -2.24. The zero-order valence-electron chi connectivity index (χ0n) is 12.3. The second-order valence-corrected chi connectivity index (χ2v) is 6.21. The van der Waals surface area contributed by atoms with E-state index in [1.165, 1.54) is 0 Å². The van der Waals surface area contributed by atoms with Gasteiger partial charge in [-0.1, -0.05) is 23.7 Å². The molecule has 0 saturated carbocycles. The fourth-order valence-electron chi connectivity index (χ4n) is 1.75. The van der Waals surface area contributed by atoms with Crippen molar-refractivity contribution in [2.24, 2.45) is 5.10 Å². The van der Waals surface area contributed by atoms with Crippen LogP contribution in [0.4, 0.5) is 0 Å². The number of aromatic nitrogens is 1. The van der Waals surface area contributed by atoms with Gasteiger partial charge in [0.05, 0.1) is 15.7 Å². The number of aryl methyl sites for hydroxylation is 2. The maximum atomic E-state index is 11.6. The first-order valence-electron chi connectivity index (χ1n) is 6.67. The third-order valence-corrected chi connectivity index (χ3v) is 4.16. The van der Waals surface area contributed by atoms with Gasteiger partial charge in [-0.05, 0) is 26.0 Å². The van der Waals surface area contributed by atoms with Crippen LogP contribution in [0.1, 0.15) is 15.6 Å². The quantitative estimate of drug-likeness (QED) is 0.650. The molecule has 7 heteroatoms. The van der Waals surface area contributed by atoms with Gasteiger partial charge in [0.1, 0.15) is 5.75 Å². The first kappa shape index (κ1) is 16.5. The molecule has 0 unspecified atom stereocenters. The van der Waals surface area contributed by atoms with E-state index in [2.05, 4.69) is 15.5 Å². The fourth-order valence-corrected chi connectivity index (χ4v) is 2.83. The molecule has 1 heterocycles. The molecule has 22 heavy (non-hydrogen) atoms. The Balaban J connectivity index is 1.75. The predicted molar refractivity (Wildman–Crippen MR) is 88.9 cm³/mol. The number of hydrogen-bond acceptors (Lipinski definition) is 5. The van der Waals surface area contributed by atoms with Gasteiger partial charge in [-0.3, -0.25) is 4.79 Å². The van der Waals surface area contributed by atoms with E-state index in [0.29, 0.717) is 17.2 Å². The number of carbonyl (C=O) groups excluding carboxylic acids is 1. The molecule has 2 rings (SSSR count). The highest BCUT2D eigenvalue weighted by Crippen LogP contribution is 2.22. The molecule has 1 aromatic carbocycles. The summed E-state index contributed by atoms with van der Waals surface area (Å²) in [6.07, 6.45) is 2.29. The maximum absolute atomic E-state index is 11.6. The number of rotatable bonds is 6. The molecule has 1 aromatic heterocycles. The molecule has 5 nitrogen and oxygen atoms in total. The van der Waals surface area contributed by atoms with Crippen LogP contribution in [-0.2, 0) is 11.2 Å². The molecule has 0 saturated heterocycles. The van der Waals surface area contributed by atoms with Gasteiger partial charge in [-0.15, -0.1) is 11.3 Å². The number of amides is 1.